The molecule has 1 aliphatic rings. The van der Waals surface area contributed by atoms with Crippen molar-refractivity contribution in [2.75, 3.05) is 6.54 Å². The molecule has 1 fully saturated rings. The molecule has 1 aromatic heterocycles. The number of carbonyl (C=O) groups excluding carboxylic acids is 1. The van der Waals surface area contributed by atoms with Crippen LogP contribution in [0.4, 0.5) is 0 Å². The van der Waals surface area contributed by atoms with Gasteiger partial charge in [-0.2, -0.15) is 0 Å². The van der Waals surface area contributed by atoms with Crippen molar-refractivity contribution in [3.8, 4) is 0 Å². The predicted molar refractivity (Wildman–Crippen MR) is 69.9 cm³/mol. The summed E-state index contributed by atoms with van der Waals surface area (Å²) in [5.74, 6) is -0.668. The molecule has 1 aromatic rings. The Morgan fingerprint density at radius 3 is 2.58 bits per heavy atom. The van der Waals surface area contributed by atoms with Crippen molar-refractivity contribution >= 4 is 15.9 Å². The van der Waals surface area contributed by atoms with Gasteiger partial charge in [-0.1, -0.05) is 0 Å². The third-order valence-electron chi connectivity index (χ3n) is 3.51. The van der Waals surface area contributed by atoms with Gasteiger partial charge in [-0.25, -0.2) is 13.1 Å². The van der Waals surface area contributed by atoms with E-state index in [-0.39, 0.29) is 17.1 Å². The number of rotatable bonds is 5. The highest BCUT2D eigenvalue weighted by atomic mass is 32.2. The van der Waals surface area contributed by atoms with E-state index in [4.69, 9.17) is 11.5 Å². The molecule has 7 nitrogen and oxygen atoms in total. The van der Waals surface area contributed by atoms with Crippen molar-refractivity contribution in [3.05, 3.63) is 18.0 Å². The van der Waals surface area contributed by atoms with Crippen molar-refractivity contribution in [2.24, 2.45) is 18.5 Å². The summed E-state index contributed by atoms with van der Waals surface area (Å²) in [6.45, 7) is 0.204. The van der Waals surface area contributed by atoms with Gasteiger partial charge in [0, 0.05) is 25.3 Å². The zero-order chi connectivity index (χ0) is 14.3. The Morgan fingerprint density at radius 2 is 2.16 bits per heavy atom. The smallest absolute Gasteiger partial charge is 0.265 e. The van der Waals surface area contributed by atoms with E-state index in [0.717, 1.165) is 19.3 Å². The molecule has 2 rings (SSSR count). The topological polar surface area (TPSA) is 120 Å². The third-order valence-corrected chi connectivity index (χ3v) is 4.87. The molecule has 1 saturated carbocycles. The normalized spacial score (nSPS) is 18.0. The zero-order valence-electron chi connectivity index (χ0n) is 10.7. The maximum Gasteiger partial charge on any atom is 0.265 e. The van der Waals surface area contributed by atoms with Crippen LogP contribution in [0.3, 0.4) is 0 Å². The zero-order valence-corrected chi connectivity index (χ0v) is 11.5. The number of carbonyl (C=O) groups is 1. The maximum absolute atomic E-state index is 12.1. The van der Waals surface area contributed by atoms with Crippen LogP contribution in [0.1, 0.15) is 29.8 Å². The molecule has 0 atom stereocenters. The first-order valence-corrected chi connectivity index (χ1v) is 7.47. The van der Waals surface area contributed by atoms with E-state index in [0.29, 0.717) is 0 Å². The SMILES string of the molecule is Cn1cc(S(=O)(=O)NCC2(N)CCC2)cc1C(N)=O. The fourth-order valence-electron chi connectivity index (χ4n) is 2.06. The number of primary amides is 1. The van der Waals surface area contributed by atoms with Crippen LogP contribution in [0.25, 0.3) is 0 Å². The number of hydrogen-bond acceptors (Lipinski definition) is 4. The minimum Gasteiger partial charge on any atom is -0.364 e. The number of hydrogen-bond donors (Lipinski definition) is 3. The van der Waals surface area contributed by atoms with Gasteiger partial charge in [-0.05, 0) is 25.3 Å². The first-order valence-electron chi connectivity index (χ1n) is 5.98. The predicted octanol–water partition coefficient (Wildman–Crippen LogP) is -0.716. The Balaban J connectivity index is 2.15. The Hall–Kier alpha value is -1.38. The van der Waals surface area contributed by atoms with Gasteiger partial charge in [0.05, 0.1) is 0 Å². The van der Waals surface area contributed by atoms with E-state index in [9.17, 15) is 13.2 Å². The summed E-state index contributed by atoms with van der Waals surface area (Å²) in [5.41, 5.74) is 10.8. The summed E-state index contributed by atoms with van der Waals surface area (Å²) in [4.78, 5) is 11.1. The monoisotopic (exact) mass is 286 g/mol. The molecule has 1 amide bonds. The Labute approximate surface area is 112 Å². The standard InChI is InChI=1S/C11H18N4O3S/c1-15-6-8(5-9(15)10(12)16)19(17,18)14-7-11(13)3-2-4-11/h5-6,14H,2-4,7,13H2,1H3,(H2,12,16). The summed E-state index contributed by atoms with van der Waals surface area (Å²) in [6.07, 6.45) is 4.01. The summed E-state index contributed by atoms with van der Waals surface area (Å²) in [7, 11) is -2.10. The van der Waals surface area contributed by atoms with Crippen LogP contribution in [0.15, 0.2) is 17.2 Å². The molecule has 0 unspecified atom stereocenters. The van der Waals surface area contributed by atoms with Gasteiger partial charge in [-0.3, -0.25) is 4.79 Å². The van der Waals surface area contributed by atoms with Crippen LogP contribution in [0.2, 0.25) is 0 Å². The molecule has 19 heavy (non-hydrogen) atoms. The molecule has 0 radical (unpaired) electrons. The molecule has 106 valence electrons. The number of nitrogens with one attached hydrogen (secondary N) is 1. The van der Waals surface area contributed by atoms with E-state index >= 15 is 0 Å². The first kappa shape index (κ1) is 14.0. The lowest BCUT2D eigenvalue weighted by Crippen LogP contribution is -2.54. The first-order chi connectivity index (χ1) is 8.73. The van der Waals surface area contributed by atoms with E-state index < -0.39 is 21.5 Å². The number of aryl methyl sites for hydroxylation is 1. The number of sulfonamides is 1. The van der Waals surface area contributed by atoms with Gasteiger partial charge in [0.1, 0.15) is 10.6 Å². The van der Waals surface area contributed by atoms with Crippen molar-refractivity contribution in [2.45, 2.75) is 29.7 Å². The van der Waals surface area contributed by atoms with Gasteiger partial charge >= 0.3 is 0 Å². The average molecular weight is 286 g/mol. The van der Waals surface area contributed by atoms with Crippen LogP contribution < -0.4 is 16.2 Å². The lowest BCUT2D eigenvalue weighted by atomic mass is 9.78. The largest absolute Gasteiger partial charge is 0.364 e. The third kappa shape index (κ3) is 2.80. The molecular weight excluding hydrogens is 268 g/mol. The van der Waals surface area contributed by atoms with E-state index in [1.807, 2.05) is 0 Å². The molecule has 0 bridgehead atoms. The molecule has 0 saturated heterocycles. The van der Waals surface area contributed by atoms with Crippen molar-refractivity contribution < 1.29 is 13.2 Å². The molecular formula is C11H18N4O3S. The average Bonchev–Trinajstić information content (AvgIpc) is 2.67. The van der Waals surface area contributed by atoms with Crippen molar-refractivity contribution in [1.82, 2.24) is 9.29 Å². The van der Waals surface area contributed by atoms with Gasteiger partial charge in [0.2, 0.25) is 10.0 Å². The lowest BCUT2D eigenvalue weighted by Gasteiger charge is -2.37. The maximum atomic E-state index is 12.1. The highest BCUT2D eigenvalue weighted by molar-refractivity contribution is 7.89. The second kappa shape index (κ2) is 4.62. The van der Waals surface area contributed by atoms with E-state index in [1.165, 1.54) is 16.8 Å². The highest BCUT2D eigenvalue weighted by Gasteiger charge is 2.34. The van der Waals surface area contributed by atoms with Crippen molar-refractivity contribution in [1.29, 1.82) is 0 Å². The minimum absolute atomic E-state index is 0.0201. The lowest BCUT2D eigenvalue weighted by molar-refractivity contribution is 0.0992. The van der Waals surface area contributed by atoms with Crippen LogP contribution >= 0.6 is 0 Å². The summed E-state index contributed by atoms with van der Waals surface area (Å²) >= 11 is 0. The quantitative estimate of drug-likeness (QED) is 0.661. The summed E-state index contributed by atoms with van der Waals surface area (Å²) < 4.78 is 28.0. The molecule has 0 aromatic carbocycles. The van der Waals surface area contributed by atoms with Crippen LogP contribution in [-0.4, -0.2) is 31.0 Å². The summed E-state index contributed by atoms with van der Waals surface area (Å²) in [6, 6.07) is 1.26. The molecule has 1 aliphatic carbocycles. The molecule has 8 heteroatoms. The Bertz CT molecular complexity index is 601. The molecule has 0 spiro atoms. The molecule has 0 aliphatic heterocycles. The highest BCUT2D eigenvalue weighted by Crippen LogP contribution is 2.28. The van der Waals surface area contributed by atoms with Crippen LogP contribution in [0.5, 0.6) is 0 Å². The van der Waals surface area contributed by atoms with Crippen molar-refractivity contribution in [3.63, 3.8) is 0 Å². The second-order valence-corrected chi connectivity index (χ2v) is 6.84. The van der Waals surface area contributed by atoms with Gasteiger partial charge < -0.3 is 16.0 Å². The van der Waals surface area contributed by atoms with Crippen LogP contribution in [-0.2, 0) is 17.1 Å². The Morgan fingerprint density at radius 1 is 1.53 bits per heavy atom. The van der Waals surface area contributed by atoms with Gasteiger partial charge in [0.25, 0.3) is 5.91 Å². The number of aromatic nitrogens is 1. The van der Waals surface area contributed by atoms with E-state index in [1.54, 1.807) is 7.05 Å². The molecule has 1 heterocycles. The van der Waals surface area contributed by atoms with Crippen LogP contribution in [0, 0.1) is 0 Å². The molecule has 5 N–H and O–H groups in total. The van der Waals surface area contributed by atoms with E-state index in [2.05, 4.69) is 4.72 Å². The second-order valence-electron chi connectivity index (χ2n) is 5.08. The van der Waals surface area contributed by atoms with Gasteiger partial charge in [0.15, 0.2) is 0 Å². The number of amides is 1. The van der Waals surface area contributed by atoms with Gasteiger partial charge in [-0.15, -0.1) is 0 Å². The fourth-order valence-corrected chi connectivity index (χ4v) is 3.26. The summed E-state index contributed by atoms with van der Waals surface area (Å²) in [5, 5.41) is 0. The number of nitrogens with zero attached hydrogens (tertiary/aromatic N) is 1. The number of nitrogens with two attached hydrogens (primary N) is 2. The fraction of sp³-hybridized carbons (Fsp3) is 0.545. The Kier molecular flexibility index (Phi) is 3.41. The minimum atomic E-state index is -3.66.